The van der Waals surface area contributed by atoms with Crippen LogP contribution in [0.4, 0.5) is 8.78 Å². The molecule has 1 saturated carbocycles. The first-order valence-corrected chi connectivity index (χ1v) is 2.16. The Morgan fingerprint density at radius 3 is 2.00 bits per heavy atom. The fourth-order valence-electron chi connectivity index (χ4n) is 0.480. The predicted octanol–water partition coefficient (Wildman–Crippen LogP) is 1.21. The number of halogens is 2. The summed E-state index contributed by atoms with van der Waals surface area (Å²) in [4.78, 5) is 0. The summed E-state index contributed by atoms with van der Waals surface area (Å²) in [5.41, 5.74) is 0. The van der Waals surface area contributed by atoms with Crippen LogP contribution in [-0.2, 0) is 5.11 Å². The largest absolute Gasteiger partial charge is 0.277 e. The number of hydrogen-bond donors (Lipinski definition) is 0. The predicted molar refractivity (Wildman–Crippen MR) is 18.7 cm³/mol. The van der Waals surface area contributed by atoms with Gasteiger partial charge in [-0.15, -0.1) is 0 Å². The summed E-state index contributed by atoms with van der Waals surface area (Å²) in [5, 5.41) is 9.89. The molecule has 1 nitrogen and oxygen atoms in total. The molecule has 7 heavy (non-hydrogen) atoms. The molecule has 1 aliphatic carbocycles. The molecular formula is C4H5F2O. The van der Waals surface area contributed by atoms with Gasteiger partial charge in [-0.05, 0) is 6.42 Å². The lowest BCUT2D eigenvalue weighted by Crippen LogP contribution is -2.42. The summed E-state index contributed by atoms with van der Waals surface area (Å²) in [5.74, 6) is -2.88. The van der Waals surface area contributed by atoms with Crippen LogP contribution >= 0.6 is 0 Å². The van der Waals surface area contributed by atoms with E-state index in [9.17, 15) is 13.9 Å². The Bertz CT molecular complexity index is 81.8. The highest BCUT2D eigenvalue weighted by molar-refractivity contribution is 4.86. The maximum absolute atomic E-state index is 11.6. The minimum Gasteiger partial charge on any atom is -0.226 e. The van der Waals surface area contributed by atoms with E-state index in [0.29, 0.717) is 0 Å². The molecule has 1 rings (SSSR count). The second-order valence-corrected chi connectivity index (χ2v) is 1.79. The van der Waals surface area contributed by atoms with E-state index >= 15 is 0 Å². The smallest absolute Gasteiger partial charge is 0.226 e. The van der Waals surface area contributed by atoms with E-state index in [1.54, 1.807) is 0 Å². The zero-order valence-electron chi connectivity index (χ0n) is 3.66. The Hall–Kier alpha value is -0.180. The monoisotopic (exact) mass is 107 g/mol. The average Bonchev–Trinajstić information content (AvgIpc) is 1.63. The van der Waals surface area contributed by atoms with Gasteiger partial charge in [0.2, 0.25) is 0 Å². The van der Waals surface area contributed by atoms with E-state index in [1.807, 2.05) is 0 Å². The van der Waals surface area contributed by atoms with Gasteiger partial charge in [0.15, 0.2) is 6.10 Å². The first-order valence-electron chi connectivity index (χ1n) is 2.16. The van der Waals surface area contributed by atoms with Crippen LogP contribution in [0.2, 0.25) is 0 Å². The van der Waals surface area contributed by atoms with Crippen LogP contribution in [0.3, 0.4) is 0 Å². The minimum atomic E-state index is -2.88. The molecule has 0 N–H and O–H groups in total. The maximum Gasteiger partial charge on any atom is 0.277 e. The molecule has 0 amide bonds. The van der Waals surface area contributed by atoms with Crippen LogP contribution in [0.15, 0.2) is 0 Å². The third-order valence-electron chi connectivity index (χ3n) is 1.21. The van der Waals surface area contributed by atoms with E-state index in [1.165, 1.54) is 0 Å². The Labute approximate surface area is 40.0 Å². The Balaban J connectivity index is 2.43. The van der Waals surface area contributed by atoms with Gasteiger partial charge < -0.3 is 0 Å². The summed E-state index contributed by atoms with van der Waals surface area (Å²) in [6.07, 6.45) is -1.67. The first-order chi connectivity index (χ1) is 3.13. The van der Waals surface area contributed by atoms with Gasteiger partial charge in [-0.3, -0.25) is 0 Å². The average molecular weight is 107 g/mol. The second-order valence-electron chi connectivity index (χ2n) is 1.79. The van der Waals surface area contributed by atoms with Gasteiger partial charge in [0, 0.05) is 6.42 Å². The van der Waals surface area contributed by atoms with Crippen molar-refractivity contribution in [2.75, 3.05) is 0 Å². The van der Waals surface area contributed by atoms with Crippen molar-refractivity contribution in [1.82, 2.24) is 0 Å². The van der Waals surface area contributed by atoms with E-state index < -0.39 is 12.0 Å². The lowest BCUT2D eigenvalue weighted by molar-refractivity contribution is -0.200. The molecule has 0 aromatic carbocycles. The van der Waals surface area contributed by atoms with Crippen molar-refractivity contribution >= 4 is 0 Å². The van der Waals surface area contributed by atoms with Gasteiger partial charge in [0.05, 0.1) is 0 Å². The highest BCUT2D eigenvalue weighted by Gasteiger charge is 2.48. The molecular weight excluding hydrogens is 102 g/mol. The molecule has 1 unspecified atom stereocenters. The van der Waals surface area contributed by atoms with Crippen molar-refractivity contribution in [2.24, 2.45) is 0 Å². The summed E-state index contributed by atoms with van der Waals surface area (Å²) >= 11 is 0. The highest BCUT2D eigenvalue weighted by Crippen LogP contribution is 2.37. The summed E-state index contributed by atoms with van der Waals surface area (Å²) in [6, 6.07) is 0. The molecule has 0 spiro atoms. The zero-order valence-corrected chi connectivity index (χ0v) is 3.66. The number of alkyl halides is 2. The van der Waals surface area contributed by atoms with Crippen LogP contribution in [0.5, 0.6) is 0 Å². The van der Waals surface area contributed by atoms with E-state index in [2.05, 4.69) is 0 Å². The Morgan fingerprint density at radius 1 is 1.57 bits per heavy atom. The standard InChI is InChI=1S/C4H5F2O/c5-4(6)2-1-3(4)7/h3H,1-2H2. The third kappa shape index (κ3) is 0.608. The topological polar surface area (TPSA) is 19.9 Å². The summed E-state index contributed by atoms with van der Waals surface area (Å²) in [7, 11) is 0. The molecule has 3 heteroatoms. The van der Waals surface area contributed by atoms with Crippen molar-refractivity contribution in [3.8, 4) is 0 Å². The van der Waals surface area contributed by atoms with Crippen molar-refractivity contribution in [3.05, 3.63) is 0 Å². The van der Waals surface area contributed by atoms with E-state index in [-0.39, 0.29) is 12.8 Å². The highest BCUT2D eigenvalue weighted by atomic mass is 19.3. The molecule has 1 fully saturated rings. The van der Waals surface area contributed by atoms with E-state index in [0.717, 1.165) is 0 Å². The van der Waals surface area contributed by atoms with Crippen LogP contribution in [0.25, 0.3) is 0 Å². The third-order valence-corrected chi connectivity index (χ3v) is 1.21. The molecule has 0 aromatic heterocycles. The second kappa shape index (κ2) is 1.15. The molecule has 0 heterocycles. The quantitative estimate of drug-likeness (QED) is 0.443. The molecule has 1 aliphatic rings. The lowest BCUT2D eigenvalue weighted by Gasteiger charge is -2.29. The van der Waals surface area contributed by atoms with Gasteiger partial charge in [0.1, 0.15) is 0 Å². The Morgan fingerprint density at radius 2 is 2.00 bits per heavy atom. The van der Waals surface area contributed by atoms with Crippen molar-refractivity contribution in [2.45, 2.75) is 24.9 Å². The van der Waals surface area contributed by atoms with Gasteiger partial charge in [0.25, 0.3) is 5.92 Å². The molecule has 41 valence electrons. The van der Waals surface area contributed by atoms with Gasteiger partial charge in [-0.1, -0.05) is 0 Å². The summed E-state index contributed by atoms with van der Waals surface area (Å²) in [6.45, 7) is 0. The normalized spacial score (nSPS) is 37.3. The molecule has 0 bridgehead atoms. The molecule has 1 atom stereocenters. The zero-order chi connectivity index (χ0) is 5.49. The molecule has 1 radical (unpaired) electrons. The molecule has 0 aliphatic heterocycles. The van der Waals surface area contributed by atoms with Gasteiger partial charge >= 0.3 is 0 Å². The van der Waals surface area contributed by atoms with Crippen LogP contribution in [0.1, 0.15) is 12.8 Å². The van der Waals surface area contributed by atoms with E-state index in [4.69, 9.17) is 0 Å². The Kier molecular flexibility index (Phi) is 0.819. The minimum absolute atomic E-state index is 0.146. The van der Waals surface area contributed by atoms with Crippen LogP contribution in [-0.4, -0.2) is 12.0 Å². The fraction of sp³-hybridized carbons (Fsp3) is 1.00. The first kappa shape index (κ1) is 4.97. The maximum atomic E-state index is 11.6. The van der Waals surface area contributed by atoms with Crippen molar-refractivity contribution in [3.63, 3.8) is 0 Å². The van der Waals surface area contributed by atoms with Crippen molar-refractivity contribution in [1.29, 1.82) is 0 Å². The van der Waals surface area contributed by atoms with Gasteiger partial charge in [-0.25, -0.2) is 13.9 Å². The lowest BCUT2D eigenvalue weighted by atomic mass is 9.91. The van der Waals surface area contributed by atoms with Crippen LogP contribution in [0, 0.1) is 0 Å². The van der Waals surface area contributed by atoms with Gasteiger partial charge in [-0.2, -0.15) is 0 Å². The van der Waals surface area contributed by atoms with Crippen molar-refractivity contribution < 1.29 is 13.9 Å². The fourth-order valence-corrected chi connectivity index (χ4v) is 0.480. The molecule has 0 saturated heterocycles. The number of hydrogen-bond acceptors (Lipinski definition) is 0. The SMILES string of the molecule is [O]C1CCC1(F)F. The number of rotatable bonds is 0. The molecule has 0 aromatic rings. The summed E-state index contributed by atoms with van der Waals surface area (Å²) < 4.78 is 23.2. The van der Waals surface area contributed by atoms with Crippen LogP contribution < -0.4 is 0 Å².